The van der Waals surface area contributed by atoms with Crippen molar-refractivity contribution in [2.24, 2.45) is 4.99 Å². The van der Waals surface area contributed by atoms with E-state index in [1.54, 1.807) is 0 Å². The van der Waals surface area contributed by atoms with Gasteiger partial charge in [-0.25, -0.2) is 4.79 Å². The number of benzene rings is 2. The van der Waals surface area contributed by atoms with E-state index < -0.39 is 24.6 Å². The van der Waals surface area contributed by atoms with Crippen molar-refractivity contribution in [3.8, 4) is 0 Å². The molecule has 1 atom stereocenters. The summed E-state index contributed by atoms with van der Waals surface area (Å²) in [6.45, 7) is 0. The van der Waals surface area contributed by atoms with E-state index in [1.807, 2.05) is 60.7 Å². The molecule has 0 amide bonds. The fourth-order valence-electron chi connectivity index (χ4n) is 2.57. The SMILES string of the molecule is O=C(O)[C@@H](CCCCC(F)(F)F)N=C(c1ccccc1)c1ccccc1. The number of carboxylic acid groups (broad SMARTS) is 1. The second-order valence-corrected chi connectivity index (χ2v) is 5.92. The number of nitrogens with zero attached hydrogens (tertiary/aromatic N) is 1. The molecule has 0 aliphatic carbocycles. The summed E-state index contributed by atoms with van der Waals surface area (Å²) in [5.74, 6) is -1.14. The summed E-state index contributed by atoms with van der Waals surface area (Å²) in [6.07, 6.45) is -5.02. The number of hydrogen-bond acceptors (Lipinski definition) is 2. The Hall–Kier alpha value is -2.63. The van der Waals surface area contributed by atoms with Gasteiger partial charge in [0.1, 0.15) is 6.04 Å². The predicted molar refractivity (Wildman–Crippen MR) is 94.5 cm³/mol. The molecule has 0 fully saturated rings. The molecule has 2 aromatic rings. The lowest BCUT2D eigenvalue weighted by atomic mass is 10.0. The molecule has 6 heteroatoms. The molecule has 0 heterocycles. The van der Waals surface area contributed by atoms with Gasteiger partial charge >= 0.3 is 12.1 Å². The minimum absolute atomic E-state index is 0.0641. The van der Waals surface area contributed by atoms with Crippen molar-refractivity contribution < 1.29 is 23.1 Å². The van der Waals surface area contributed by atoms with E-state index in [9.17, 15) is 23.1 Å². The molecule has 0 saturated carbocycles. The van der Waals surface area contributed by atoms with Gasteiger partial charge in [0.05, 0.1) is 5.71 Å². The number of unbranched alkanes of at least 4 members (excludes halogenated alkanes) is 1. The molecule has 1 N–H and O–H groups in total. The summed E-state index contributed by atoms with van der Waals surface area (Å²) < 4.78 is 36.7. The Labute approximate surface area is 150 Å². The van der Waals surface area contributed by atoms with Gasteiger partial charge < -0.3 is 5.11 Å². The van der Waals surface area contributed by atoms with Gasteiger partial charge in [-0.3, -0.25) is 4.99 Å². The first-order valence-corrected chi connectivity index (χ1v) is 8.35. The normalized spacial score (nSPS) is 12.4. The smallest absolute Gasteiger partial charge is 0.389 e. The van der Waals surface area contributed by atoms with Crippen molar-refractivity contribution in [3.63, 3.8) is 0 Å². The Kier molecular flexibility index (Phi) is 6.95. The van der Waals surface area contributed by atoms with Crippen molar-refractivity contribution >= 4 is 11.7 Å². The second kappa shape index (κ2) is 9.17. The van der Waals surface area contributed by atoms with Crippen LogP contribution in [0.15, 0.2) is 65.7 Å². The van der Waals surface area contributed by atoms with Crippen LogP contribution < -0.4 is 0 Å². The average Bonchev–Trinajstić information content (AvgIpc) is 2.61. The number of rotatable bonds is 8. The van der Waals surface area contributed by atoms with Crippen LogP contribution in [0.4, 0.5) is 13.2 Å². The Morgan fingerprint density at radius 3 is 1.85 bits per heavy atom. The summed E-state index contributed by atoms with van der Waals surface area (Å²) in [5.41, 5.74) is 2.05. The fraction of sp³-hybridized carbons (Fsp3) is 0.300. The topological polar surface area (TPSA) is 49.7 Å². The predicted octanol–water partition coefficient (Wildman–Crippen LogP) is 5.10. The van der Waals surface area contributed by atoms with Gasteiger partial charge in [0, 0.05) is 17.5 Å². The van der Waals surface area contributed by atoms with Gasteiger partial charge in [-0.1, -0.05) is 67.1 Å². The standard InChI is InChI=1S/C20H20F3NO2/c21-20(22,23)14-8-7-13-17(19(25)26)24-18(15-9-3-1-4-10-15)16-11-5-2-6-12-16/h1-6,9-12,17H,7-8,13-14H2,(H,25,26)/t17-/m1/s1. The summed E-state index contributed by atoms with van der Waals surface area (Å²) in [4.78, 5) is 15.9. The number of aliphatic carboxylic acids is 1. The van der Waals surface area contributed by atoms with E-state index in [2.05, 4.69) is 4.99 Å². The lowest BCUT2D eigenvalue weighted by molar-refractivity contribution is -0.138. The molecule has 3 nitrogen and oxygen atoms in total. The molecule has 0 aliphatic heterocycles. The Morgan fingerprint density at radius 1 is 0.923 bits per heavy atom. The van der Waals surface area contributed by atoms with E-state index in [4.69, 9.17) is 0 Å². The van der Waals surface area contributed by atoms with Gasteiger partial charge in [-0.2, -0.15) is 13.2 Å². The third-order valence-electron chi connectivity index (χ3n) is 3.85. The van der Waals surface area contributed by atoms with Crippen molar-refractivity contribution in [2.45, 2.75) is 37.9 Å². The number of alkyl halides is 3. The van der Waals surface area contributed by atoms with Crippen molar-refractivity contribution in [2.75, 3.05) is 0 Å². The molecule has 0 radical (unpaired) electrons. The van der Waals surface area contributed by atoms with E-state index in [1.165, 1.54) is 0 Å². The molecule has 0 bridgehead atoms. The van der Waals surface area contributed by atoms with Crippen molar-refractivity contribution in [1.82, 2.24) is 0 Å². The second-order valence-electron chi connectivity index (χ2n) is 5.92. The van der Waals surface area contributed by atoms with Crippen LogP contribution in [0.25, 0.3) is 0 Å². The highest BCUT2D eigenvalue weighted by atomic mass is 19.4. The molecule has 2 aromatic carbocycles. The minimum Gasteiger partial charge on any atom is -0.480 e. The summed E-state index contributed by atoms with van der Waals surface area (Å²) >= 11 is 0. The first-order chi connectivity index (χ1) is 12.4. The van der Waals surface area contributed by atoms with E-state index >= 15 is 0 Å². The highest BCUT2D eigenvalue weighted by molar-refractivity contribution is 6.13. The lowest BCUT2D eigenvalue weighted by Crippen LogP contribution is -2.21. The lowest BCUT2D eigenvalue weighted by Gasteiger charge is -2.13. The van der Waals surface area contributed by atoms with Crippen molar-refractivity contribution in [1.29, 1.82) is 0 Å². The molecule has 0 spiro atoms. The minimum atomic E-state index is -4.22. The summed E-state index contributed by atoms with van der Waals surface area (Å²) in [5, 5.41) is 9.45. The van der Waals surface area contributed by atoms with Gasteiger partial charge in [-0.15, -0.1) is 0 Å². The van der Waals surface area contributed by atoms with Gasteiger partial charge in [0.2, 0.25) is 0 Å². The maximum Gasteiger partial charge on any atom is 0.389 e. The zero-order chi connectivity index (χ0) is 19.0. The molecule has 0 saturated heterocycles. The highest BCUT2D eigenvalue weighted by Crippen LogP contribution is 2.23. The largest absolute Gasteiger partial charge is 0.480 e. The molecule has 0 aromatic heterocycles. The number of aliphatic imine (C=N–C) groups is 1. The first-order valence-electron chi connectivity index (χ1n) is 8.35. The van der Waals surface area contributed by atoms with E-state index in [-0.39, 0.29) is 19.3 Å². The fourth-order valence-corrected chi connectivity index (χ4v) is 2.57. The van der Waals surface area contributed by atoms with Gasteiger partial charge in [0.15, 0.2) is 0 Å². The van der Waals surface area contributed by atoms with Crippen LogP contribution in [0.1, 0.15) is 36.8 Å². The van der Waals surface area contributed by atoms with Crippen LogP contribution in [0.3, 0.4) is 0 Å². The zero-order valence-electron chi connectivity index (χ0n) is 14.1. The number of hydrogen-bond donors (Lipinski definition) is 1. The number of carbonyl (C=O) groups is 1. The molecule has 138 valence electrons. The van der Waals surface area contributed by atoms with E-state index in [0.29, 0.717) is 5.71 Å². The Balaban J connectivity index is 2.23. The highest BCUT2D eigenvalue weighted by Gasteiger charge is 2.26. The molecular formula is C20H20F3NO2. The van der Waals surface area contributed by atoms with Crippen LogP contribution in [-0.2, 0) is 4.79 Å². The maximum atomic E-state index is 12.2. The molecule has 0 unspecified atom stereocenters. The van der Waals surface area contributed by atoms with Crippen LogP contribution in [0.2, 0.25) is 0 Å². The summed E-state index contributed by atoms with van der Waals surface area (Å²) in [6, 6.07) is 17.2. The van der Waals surface area contributed by atoms with E-state index in [0.717, 1.165) is 11.1 Å². The zero-order valence-corrected chi connectivity index (χ0v) is 14.1. The Bertz CT molecular complexity index is 686. The number of carboxylic acids is 1. The van der Waals surface area contributed by atoms with Gasteiger partial charge in [0.25, 0.3) is 0 Å². The first kappa shape index (κ1) is 19.7. The molecular weight excluding hydrogens is 343 g/mol. The van der Waals surface area contributed by atoms with Crippen LogP contribution in [0.5, 0.6) is 0 Å². The molecule has 0 aliphatic rings. The average molecular weight is 363 g/mol. The van der Waals surface area contributed by atoms with Gasteiger partial charge in [-0.05, 0) is 12.8 Å². The van der Waals surface area contributed by atoms with Crippen molar-refractivity contribution in [3.05, 3.63) is 71.8 Å². The monoisotopic (exact) mass is 363 g/mol. The summed E-state index contributed by atoms with van der Waals surface area (Å²) in [7, 11) is 0. The maximum absolute atomic E-state index is 12.2. The van der Waals surface area contributed by atoms with Crippen LogP contribution in [0, 0.1) is 0 Å². The van der Waals surface area contributed by atoms with Crippen LogP contribution in [-0.4, -0.2) is 29.0 Å². The number of halogens is 3. The third kappa shape index (κ3) is 6.35. The Morgan fingerprint density at radius 2 is 1.42 bits per heavy atom. The van der Waals surface area contributed by atoms with Crippen LogP contribution >= 0.6 is 0 Å². The molecule has 2 rings (SSSR count). The quantitative estimate of drug-likeness (QED) is 0.524. The third-order valence-corrected chi connectivity index (χ3v) is 3.85. The molecule has 26 heavy (non-hydrogen) atoms.